The van der Waals surface area contributed by atoms with Gasteiger partial charge in [0.25, 0.3) is 0 Å². The number of anilines is 1. The fourth-order valence-electron chi connectivity index (χ4n) is 3.78. The van der Waals surface area contributed by atoms with E-state index in [1.165, 1.54) is 24.8 Å². The van der Waals surface area contributed by atoms with Gasteiger partial charge in [0.05, 0.1) is 0 Å². The Labute approximate surface area is 139 Å². The first kappa shape index (κ1) is 16.3. The predicted molar refractivity (Wildman–Crippen MR) is 92.7 cm³/mol. The predicted octanol–water partition coefficient (Wildman–Crippen LogP) is 4.11. The molecule has 4 rings (SSSR count). The van der Waals surface area contributed by atoms with Gasteiger partial charge < -0.3 is 10.1 Å². The molecule has 3 aliphatic carbocycles. The Morgan fingerprint density at radius 2 is 2.04 bits per heavy atom. The van der Waals surface area contributed by atoms with Crippen molar-refractivity contribution in [3.8, 4) is 0 Å². The van der Waals surface area contributed by atoms with Crippen molar-refractivity contribution in [2.24, 2.45) is 5.92 Å². The number of amides is 1. The first-order valence-corrected chi connectivity index (χ1v) is 8.60. The normalized spacial score (nSPS) is 26.7. The maximum atomic E-state index is 11.9. The highest BCUT2D eigenvalue weighted by molar-refractivity contribution is 5.84. The van der Waals surface area contributed by atoms with Crippen LogP contribution in [0.5, 0.6) is 0 Å². The average molecular weight is 316 g/mol. The minimum Gasteiger partial charge on any atom is -0.444 e. The minimum absolute atomic E-state index is 0.408. The molecule has 2 N–H and O–H groups in total. The Bertz CT molecular complexity index is 574. The second kappa shape index (κ2) is 5.82. The number of hydrogen-bond donors (Lipinski definition) is 2. The van der Waals surface area contributed by atoms with E-state index in [4.69, 9.17) is 4.74 Å². The summed E-state index contributed by atoms with van der Waals surface area (Å²) in [6.45, 7) is 7.83. The molecule has 1 atom stereocenters. The molecular formula is C19H28N2O2. The fraction of sp³-hybridized carbons (Fsp3) is 0.632. The quantitative estimate of drug-likeness (QED) is 0.859. The van der Waals surface area contributed by atoms with Crippen LogP contribution in [0.15, 0.2) is 24.3 Å². The molecule has 23 heavy (non-hydrogen) atoms. The molecule has 2 bridgehead atoms. The van der Waals surface area contributed by atoms with Gasteiger partial charge in [-0.15, -0.1) is 0 Å². The summed E-state index contributed by atoms with van der Waals surface area (Å²) in [5.41, 5.74) is 1.99. The molecule has 3 fully saturated rings. The number of hydrogen-bond acceptors (Lipinski definition) is 3. The topological polar surface area (TPSA) is 50.4 Å². The molecule has 4 heteroatoms. The third kappa shape index (κ3) is 4.05. The smallest absolute Gasteiger partial charge is 0.412 e. The Hall–Kier alpha value is -1.55. The average Bonchev–Trinajstić information content (AvgIpc) is 2.30. The summed E-state index contributed by atoms with van der Waals surface area (Å²) < 4.78 is 5.29. The van der Waals surface area contributed by atoms with Gasteiger partial charge in [0.2, 0.25) is 0 Å². The molecule has 3 aliphatic rings. The number of benzene rings is 1. The maximum Gasteiger partial charge on any atom is 0.412 e. The monoisotopic (exact) mass is 316 g/mol. The first-order chi connectivity index (χ1) is 10.7. The highest BCUT2D eigenvalue weighted by atomic mass is 16.6. The molecule has 126 valence electrons. The van der Waals surface area contributed by atoms with Gasteiger partial charge in [-0.3, -0.25) is 5.32 Å². The van der Waals surface area contributed by atoms with Gasteiger partial charge in [-0.1, -0.05) is 12.1 Å². The molecule has 3 saturated carbocycles. The van der Waals surface area contributed by atoms with Crippen molar-refractivity contribution in [1.29, 1.82) is 0 Å². The summed E-state index contributed by atoms with van der Waals surface area (Å²) in [7, 11) is 0. The van der Waals surface area contributed by atoms with Gasteiger partial charge in [0.1, 0.15) is 5.60 Å². The number of ether oxygens (including phenoxy) is 1. The molecule has 1 aromatic carbocycles. The van der Waals surface area contributed by atoms with E-state index < -0.39 is 11.7 Å². The zero-order valence-corrected chi connectivity index (χ0v) is 14.6. The van der Waals surface area contributed by atoms with Crippen LogP contribution in [0.2, 0.25) is 0 Å². The molecule has 0 heterocycles. The van der Waals surface area contributed by atoms with Crippen LogP contribution in [0.1, 0.15) is 52.5 Å². The summed E-state index contributed by atoms with van der Waals surface area (Å²) in [5, 5.41) is 6.60. The lowest BCUT2D eigenvalue weighted by Gasteiger charge is -2.63. The maximum absolute atomic E-state index is 11.9. The summed E-state index contributed by atoms with van der Waals surface area (Å²) in [4.78, 5) is 11.9. The number of nitrogens with one attached hydrogen (secondary N) is 2. The molecule has 1 unspecified atom stereocenters. The van der Waals surface area contributed by atoms with Gasteiger partial charge in [-0.25, -0.2) is 4.79 Å². The fourth-order valence-corrected chi connectivity index (χ4v) is 3.78. The number of carbonyl (C=O) groups excluding carboxylic acids is 1. The van der Waals surface area contributed by atoms with Crippen LogP contribution >= 0.6 is 0 Å². The summed E-state index contributed by atoms with van der Waals surface area (Å²) in [5.74, 6) is 0.996. The zero-order chi connectivity index (χ0) is 16.7. The second-order valence-corrected chi connectivity index (χ2v) is 8.34. The van der Waals surface area contributed by atoms with E-state index in [1.54, 1.807) is 0 Å². The van der Waals surface area contributed by atoms with Crippen LogP contribution in [0, 0.1) is 5.92 Å². The SMILES string of the molecule is CC(Cc1cccc(NC(=O)OC(C)(C)C)c1)NC12CC(C1)C2. The highest BCUT2D eigenvalue weighted by Crippen LogP contribution is 2.57. The third-order valence-corrected chi connectivity index (χ3v) is 4.70. The molecule has 0 spiro atoms. The van der Waals surface area contributed by atoms with Crippen molar-refractivity contribution < 1.29 is 9.53 Å². The van der Waals surface area contributed by atoms with Crippen LogP contribution in [0.3, 0.4) is 0 Å². The lowest BCUT2D eigenvalue weighted by molar-refractivity contribution is -0.0574. The summed E-state index contributed by atoms with van der Waals surface area (Å²) in [6, 6.07) is 8.47. The van der Waals surface area contributed by atoms with Crippen LogP contribution in [0.25, 0.3) is 0 Å². The van der Waals surface area contributed by atoms with Crippen molar-refractivity contribution in [2.45, 2.75) is 70.6 Å². The van der Waals surface area contributed by atoms with Crippen molar-refractivity contribution in [2.75, 3.05) is 5.32 Å². The largest absolute Gasteiger partial charge is 0.444 e. The van der Waals surface area contributed by atoms with Gasteiger partial charge in [-0.05, 0) is 77.0 Å². The van der Waals surface area contributed by atoms with Gasteiger partial charge >= 0.3 is 6.09 Å². The zero-order valence-electron chi connectivity index (χ0n) is 14.6. The van der Waals surface area contributed by atoms with E-state index >= 15 is 0 Å². The Morgan fingerprint density at radius 3 is 2.61 bits per heavy atom. The standard InChI is InChI=1S/C19H28N2O2/c1-13(21-19-10-15(11-19)12-19)8-14-6-5-7-16(9-14)20-17(22)23-18(2,3)4/h5-7,9,13,15,21H,8,10-12H2,1-4H3,(H,20,22). The lowest BCUT2D eigenvalue weighted by atomic mass is 9.49. The van der Waals surface area contributed by atoms with Crippen LogP contribution in [0.4, 0.5) is 10.5 Å². The minimum atomic E-state index is -0.483. The molecule has 1 amide bonds. The van der Waals surface area contributed by atoms with E-state index in [9.17, 15) is 4.79 Å². The number of rotatable bonds is 5. The van der Waals surface area contributed by atoms with Crippen molar-refractivity contribution >= 4 is 11.8 Å². The lowest BCUT2D eigenvalue weighted by Crippen LogP contribution is -2.68. The molecule has 0 saturated heterocycles. The number of carbonyl (C=O) groups is 1. The van der Waals surface area contributed by atoms with E-state index in [0.29, 0.717) is 11.6 Å². The van der Waals surface area contributed by atoms with E-state index in [0.717, 1.165) is 18.0 Å². The molecule has 0 aliphatic heterocycles. The Balaban J connectivity index is 1.53. The molecule has 0 aromatic heterocycles. The van der Waals surface area contributed by atoms with E-state index in [1.807, 2.05) is 39.0 Å². The highest BCUT2D eigenvalue weighted by Gasteiger charge is 2.56. The van der Waals surface area contributed by atoms with Crippen LogP contribution in [-0.4, -0.2) is 23.3 Å². The summed E-state index contributed by atoms with van der Waals surface area (Å²) in [6.07, 6.45) is 4.64. The molecule has 0 radical (unpaired) electrons. The van der Waals surface area contributed by atoms with Gasteiger partial charge in [-0.2, -0.15) is 0 Å². The van der Waals surface area contributed by atoms with Crippen molar-refractivity contribution in [3.63, 3.8) is 0 Å². The Morgan fingerprint density at radius 1 is 1.35 bits per heavy atom. The van der Waals surface area contributed by atoms with Gasteiger partial charge in [0, 0.05) is 17.3 Å². The van der Waals surface area contributed by atoms with E-state index in [2.05, 4.69) is 23.6 Å². The van der Waals surface area contributed by atoms with Crippen molar-refractivity contribution in [3.05, 3.63) is 29.8 Å². The van der Waals surface area contributed by atoms with Crippen LogP contribution < -0.4 is 10.6 Å². The molecule has 1 aromatic rings. The van der Waals surface area contributed by atoms with E-state index in [-0.39, 0.29) is 0 Å². The Kier molecular flexibility index (Phi) is 4.13. The molecular weight excluding hydrogens is 288 g/mol. The first-order valence-electron chi connectivity index (χ1n) is 8.60. The third-order valence-electron chi connectivity index (χ3n) is 4.70. The molecule has 4 nitrogen and oxygen atoms in total. The van der Waals surface area contributed by atoms with Crippen LogP contribution in [-0.2, 0) is 11.2 Å². The van der Waals surface area contributed by atoms with Crippen molar-refractivity contribution in [1.82, 2.24) is 5.32 Å². The van der Waals surface area contributed by atoms with Gasteiger partial charge in [0.15, 0.2) is 0 Å². The summed E-state index contributed by atoms with van der Waals surface area (Å²) >= 11 is 0. The second-order valence-electron chi connectivity index (χ2n) is 8.34.